The normalized spacial score (nSPS) is 22.8. The fraction of sp³-hybridized carbons (Fsp3) is 0.429. The number of hydrogen-bond donors (Lipinski definition) is 0. The molecule has 1 amide bonds. The summed E-state index contributed by atoms with van der Waals surface area (Å²) < 4.78 is 0. The maximum Gasteiger partial charge on any atom is 0.257 e. The number of nitrogens with zero attached hydrogens (tertiary/aromatic N) is 3. The molecule has 3 heterocycles. The number of hydrogen-bond acceptors (Lipinski definition) is 3. The second-order valence-electron chi connectivity index (χ2n) is 7.42. The summed E-state index contributed by atoms with van der Waals surface area (Å²) in [7, 11) is 0. The molecule has 4 nitrogen and oxygen atoms in total. The van der Waals surface area contributed by atoms with Gasteiger partial charge in [-0.15, -0.1) is 0 Å². The smallest absolute Gasteiger partial charge is 0.257 e. The molecule has 1 aromatic heterocycles. The van der Waals surface area contributed by atoms with E-state index in [0.29, 0.717) is 12.0 Å². The van der Waals surface area contributed by atoms with E-state index in [2.05, 4.69) is 48.0 Å². The van der Waals surface area contributed by atoms with Crippen molar-refractivity contribution in [3.8, 4) is 0 Å². The second kappa shape index (κ2) is 6.51. The molecule has 4 rings (SSSR count). The Kier molecular flexibility index (Phi) is 4.20. The zero-order chi connectivity index (χ0) is 17.4. The molecular weight excluding hydrogens is 310 g/mol. The Morgan fingerprint density at radius 3 is 2.84 bits per heavy atom. The molecule has 2 unspecified atom stereocenters. The van der Waals surface area contributed by atoms with Crippen molar-refractivity contribution in [3.63, 3.8) is 0 Å². The summed E-state index contributed by atoms with van der Waals surface area (Å²) in [6, 6.07) is 12.5. The van der Waals surface area contributed by atoms with E-state index < -0.39 is 0 Å². The molecule has 0 spiro atoms. The van der Waals surface area contributed by atoms with E-state index in [1.807, 2.05) is 17.0 Å². The SMILES string of the molecule is CC1CCCN(C(=O)c2cccnc2N2c3ccccc3CC2C)C1. The highest BCUT2D eigenvalue weighted by atomic mass is 16.2. The van der Waals surface area contributed by atoms with Crippen LogP contribution in [-0.2, 0) is 6.42 Å². The van der Waals surface area contributed by atoms with Crippen LogP contribution in [0.5, 0.6) is 0 Å². The van der Waals surface area contributed by atoms with E-state index in [1.165, 1.54) is 17.7 Å². The Labute approximate surface area is 149 Å². The number of anilines is 2. The lowest BCUT2D eigenvalue weighted by molar-refractivity contribution is 0.0683. The molecule has 1 aromatic carbocycles. The van der Waals surface area contributed by atoms with Gasteiger partial charge in [-0.1, -0.05) is 25.1 Å². The van der Waals surface area contributed by atoms with Gasteiger partial charge in [0.15, 0.2) is 0 Å². The predicted molar refractivity (Wildman–Crippen MR) is 100 cm³/mol. The summed E-state index contributed by atoms with van der Waals surface area (Å²) in [6.45, 7) is 6.12. The molecule has 0 saturated carbocycles. The first kappa shape index (κ1) is 16.1. The fourth-order valence-corrected chi connectivity index (χ4v) is 4.19. The molecule has 2 atom stereocenters. The third-order valence-corrected chi connectivity index (χ3v) is 5.40. The van der Waals surface area contributed by atoms with Crippen molar-refractivity contribution in [1.82, 2.24) is 9.88 Å². The third kappa shape index (κ3) is 2.90. The molecular formula is C21H25N3O. The lowest BCUT2D eigenvalue weighted by Crippen LogP contribution is -2.40. The first-order valence-electron chi connectivity index (χ1n) is 9.26. The van der Waals surface area contributed by atoms with Crippen molar-refractivity contribution in [1.29, 1.82) is 0 Å². The number of fused-ring (bicyclic) bond motifs is 1. The van der Waals surface area contributed by atoms with Gasteiger partial charge in [-0.05, 0) is 55.9 Å². The number of likely N-dealkylation sites (tertiary alicyclic amines) is 1. The second-order valence-corrected chi connectivity index (χ2v) is 7.42. The minimum Gasteiger partial charge on any atom is -0.338 e. The average molecular weight is 335 g/mol. The van der Waals surface area contributed by atoms with Gasteiger partial charge in [0.2, 0.25) is 0 Å². The van der Waals surface area contributed by atoms with Crippen molar-refractivity contribution in [2.75, 3.05) is 18.0 Å². The van der Waals surface area contributed by atoms with Gasteiger partial charge in [0, 0.05) is 31.0 Å². The monoisotopic (exact) mass is 335 g/mol. The van der Waals surface area contributed by atoms with Crippen molar-refractivity contribution in [2.45, 2.75) is 39.2 Å². The Hall–Kier alpha value is -2.36. The minimum atomic E-state index is 0.117. The Morgan fingerprint density at radius 1 is 1.16 bits per heavy atom. The first-order valence-corrected chi connectivity index (χ1v) is 9.26. The van der Waals surface area contributed by atoms with Gasteiger partial charge in [0.1, 0.15) is 5.82 Å². The molecule has 1 saturated heterocycles. The number of carbonyl (C=O) groups excluding carboxylic acids is 1. The van der Waals surface area contributed by atoms with Crippen LogP contribution < -0.4 is 4.90 Å². The van der Waals surface area contributed by atoms with Gasteiger partial charge in [-0.25, -0.2) is 4.98 Å². The zero-order valence-electron chi connectivity index (χ0n) is 15.0. The fourth-order valence-electron chi connectivity index (χ4n) is 4.19. The lowest BCUT2D eigenvalue weighted by Gasteiger charge is -2.32. The molecule has 2 aromatic rings. The zero-order valence-corrected chi connectivity index (χ0v) is 15.0. The number of benzene rings is 1. The summed E-state index contributed by atoms with van der Waals surface area (Å²) in [6.07, 6.45) is 5.07. The molecule has 0 N–H and O–H groups in total. The lowest BCUT2D eigenvalue weighted by atomic mass is 9.99. The number of para-hydroxylation sites is 1. The summed E-state index contributed by atoms with van der Waals surface area (Å²) in [5.41, 5.74) is 3.22. The highest BCUT2D eigenvalue weighted by Crippen LogP contribution is 2.38. The van der Waals surface area contributed by atoms with Crippen LogP contribution in [0.1, 0.15) is 42.6 Å². The molecule has 0 bridgehead atoms. The van der Waals surface area contributed by atoms with E-state index in [9.17, 15) is 4.79 Å². The van der Waals surface area contributed by atoms with Crippen LogP contribution in [0.15, 0.2) is 42.6 Å². The van der Waals surface area contributed by atoms with Gasteiger partial charge in [-0.2, -0.15) is 0 Å². The number of amides is 1. The Bertz CT molecular complexity index is 788. The van der Waals surface area contributed by atoms with Crippen LogP contribution in [0.25, 0.3) is 0 Å². The van der Waals surface area contributed by atoms with Crippen molar-refractivity contribution in [3.05, 3.63) is 53.7 Å². The number of aromatic nitrogens is 1. The highest BCUT2D eigenvalue weighted by Gasteiger charge is 2.32. The topological polar surface area (TPSA) is 36.4 Å². The average Bonchev–Trinajstić information content (AvgIpc) is 2.96. The van der Waals surface area contributed by atoms with Gasteiger partial charge in [-0.3, -0.25) is 4.79 Å². The van der Waals surface area contributed by atoms with Crippen molar-refractivity contribution >= 4 is 17.4 Å². The third-order valence-electron chi connectivity index (χ3n) is 5.40. The number of rotatable bonds is 2. The van der Waals surface area contributed by atoms with E-state index in [-0.39, 0.29) is 5.91 Å². The molecule has 0 aliphatic carbocycles. The summed E-state index contributed by atoms with van der Waals surface area (Å²) in [5, 5.41) is 0. The summed E-state index contributed by atoms with van der Waals surface area (Å²) >= 11 is 0. The Balaban J connectivity index is 1.71. The van der Waals surface area contributed by atoms with Crippen LogP contribution in [0.2, 0.25) is 0 Å². The number of carbonyl (C=O) groups is 1. The quantitative estimate of drug-likeness (QED) is 0.831. The van der Waals surface area contributed by atoms with Crippen LogP contribution >= 0.6 is 0 Å². The first-order chi connectivity index (χ1) is 12.1. The molecule has 1 fully saturated rings. The van der Waals surface area contributed by atoms with Crippen molar-refractivity contribution in [2.24, 2.45) is 5.92 Å². The minimum absolute atomic E-state index is 0.117. The highest BCUT2D eigenvalue weighted by molar-refractivity contribution is 6.00. The molecule has 4 heteroatoms. The number of piperidine rings is 1. The molecule has 130 valence electrons. The van der Waals surface area contributed by atoms with E-state index in [1.54, 1.807) is 6.20 Å². The molecule has 0 radical (unpaired) electrons. The number of pyridine rings is 1. The van der Waals surface area contributed by atoms with Crippen molar-refractivity contribution < 1.29 is 4.79 Å². The van der Waals surface area contributed by atoms with Crippen LogP contribution in [0.4, 0.5) is 11.5 Å². The summed E-state index contributed by atoms with van der Waals surface area (Å²) in [5.74, 6) is 1.48. The maximum atomic E-state index is 13.2. The van der Waals surface area contributed by atoms with E-state index in [4.69, 9.17) is 0 Å². The maximum absolute atomic E-state index is 13.2. The molecule has 2 aliphatic rings. The van der Waals surface area contributed by atoms with Crippen LogP contribution in [0, 0.1) is 5.92 Å². The van der Waals surface area contributed by atoms with Gasteiger partial charge in [0.05, 0.1) is 5.56 Å². The van der Waals surface area contributed by atoms with Crippen LogP contribution in [-0.4, -0.2) is 34.9 Å². The van der Waals surface area contributed by atoms with Gasteiger partial charge in [0.25, 0.3) is 5.91 Å². The van der Waals surface area contributed by atoms with E-state index in [0.717, 1.165) is 37.3 Å². The molecule has 25 heavy (non-hydrogen) atoms. The van der Waals surface area contributed by atoms with Gasteiger partial charge >= 0.3 is 0 Å². The van der Waals surface area contributed by atoms with E-state index >= 15 is 0 Å². The Morgan fingerprint density at radius 2 is 2.00 bits per heavy atom. The van der Waals surface area contributed by atoms with Crippen LogP contribution in [0.3, 0.4) is 0 Å². The van der Waals surface area contributed by atoms with Gasteiger partial charge < -0.3 is 9.80 Å². The summed E-state index contributed by atoms with van der Waals surface area (Å²) in [4.78, 5) is 22.1. The molecule has 2 aliphatic heterocycles. The largest absolute Gasteiger partial charge is 0.338 e. The predicted octanol–water partition coefficient (Wildman–Crippen LogP) is 4.04. The standard InChI is InChI=1S/C21H25N3O/c1-15-7-6-12-23(14-15)21(25)18-9-5-11-22-20(18)24-16(2)13-17-8-3-4-10-19(17)24/h3-5,8-11,15-16H,6-7,12-14H2,1-2H3.